The van der Waals surface area contributed by atoms with Gasteiger partial charge in [-0.25, -0.2) is 0 Å². The standard InChI is InChI=1S/C8H8ClN3S3/c9-7-2-1-5(14-7)6(3-10)15-8-12-11-4-13-8/h1-2,4,6H,3,10H2. The first-order valence-corrected chi connectivity index (χ1v) is 7.13. The Labute approximate surface area is 105 Å². The quantitative estimate of drug-likeness (QED) is 0.873. The lowest BCUT2D eigenvalue weighted by molar-refractivity contribution is 0.947. The van der Waals surface area contributed by atoms with Gasteiger partial charge in [-0.15, -0.1) is 21.5 Å². The first kappa shape index (κ1) is 11.3. The van der Waals surface area contributed by atoms with Crippen molar-refractivity contribution in [3.05, 3.63) is 26.9 Å². The van der Waals surface area contributed by atoms with Gasteiger partial charge < -0.3 is 5.73 Å². The molecule has 0 radical (unpaired) electrons. The lowest BCUT2D eigenvalue weighted by atomic mass is 10.3. The Morgan fingerprint density at radius 3 is 2.93 bits per heavy atom. The van der Waals surface area contributed by atoms with Gasteiger partial charge >= 0.3 is 0 Å². The fraction of sp³-hybridized carbons (Fsp3) is 0.250. The minimum atomic E-state index is 0.218. The van der Waals surface area contributed by atoms with Crippen LogP contribution < -0.4 is 5.73 Å². The SMILES string of the molecule is NCC(Sc1nncs1)c1ccc(Cl)s1. The van der Waals surface area contributed by atoms with Gasteiger partial charge in [0.25, 0.3) is 0 Å². The van der Waals surface area contributed by atoms with Crippen LogP contribution in [0.25, 0.3) is 0 Å². The van der Waals surface area contributed by atoms with Crippen LogP contribution in [0.15, 0.2) is 22.0 Å². The number of thiophene rings is 1. The Balaban J connectivity index is 2.11. The highest BCUT2D eigenvalue weighted by Crippen LogP contribution is 2.39. The monoisotopic (exact) mass is 277 g/mol. The highest BCUT2D eigenvalue weighted by molar-refractivity contribution is 8.01. The Bertz CT molecular complexity index is 414. The van der Waals surface area contributed by atoms with E-state index in [1.807, 2.05) is 12.1 Å². The van der Waals surface area contributed by atoms with Crippen molar-refractivity contribution in [3.8, 4) is 0 Å². The zero-order chi connectivity index (χ0) is 10.7. The molecule has 80 valence electrons. The number of thioether (sulfide) groups is 1. The average Bonchev–Trinajstić information content (AvgIpc) is 2.85. The summed E-state index contributed by atoms with van der Waals surface area (Å²) in [5.41, 5.74) is 7.45. The van der Waals surface area contributed by atoms with E-state index in [1.165, 1.54) is 16.2 Å². The summed E-state index contributed by atoms with van der Waals surface area (Å²) in [6.07, 6.45) is 0. The minimum absolute atomic E-state index is 0.218. The summed E-state index contributed by atoms with van der Waals surface area (Å²) >= 11 is 10.6. The molecule has 1 atom stereocenters. The third-order valence-electron chi connectivity index (χ3n) is 1.71. The molecule has 15 heavy (non-hydrogen) atoms. The van der Waals surface area contributed by atoms with E-state index in [9.17, 15) is 0 Å². The molecule has 2 rings (SSSR count). The fourth-order valence-electron chi connectivity index (χ4n) is 1.06. The van der Waals surface area contributed by atoms with E-state index in [1.54, 1.807) is 28.6 Å². The van der Waals surface area contributed by atoms with Gasteiger partial charge in [0.05, 0.1) is 9.59 Å². The smallest absolute Gasteiger partial charge is 0.174 e. The van der Waals surface area contributed by atoms with Crippen molar-refractivity contribution in [3.63, 3.8) is 0 Å². The van der Waals surface area contributed by atoms with Crippen LogP contribution in [0.4, 0.5) is 0 Å². The molecule has 7 heteroatoms. The second kappa shape index (κ2) is 5.27. The number of hydrogen-bond donors (Lipinski definition) is 1. The topological polar surface area (TPSA) is 51.8 Å². The van der Waals surface area contributed by atoms with Gasteiger partial charge in [0.1, 0.15) is 5.51 Å². The highest BCUT2D eigenvalue weighted by atomic mass is 35.5. The van der Waals surface area contributed by atoms with Crippen molar-refractivity contribution < 1.29 is 0 Å². The third-order valence-corrected chi connectivity index (χ3v) is 5.28. The molecule has 0 bridgehead atoms. The van der Waals surface area contributed by atoms with Crippen LogP contribution in [-0.2, 0) is 0 Å². The number of aromatic nitrogens is 2. The average molecular weight is 278 g/mol. The molecule has 0 aliphatic rings. The van der Waals surface area contributed by atoms with E-state index in [4.69, 9.17) is 17.3 Å². The van der Waals surface area contributed by atoms with Gasteiger partial charge in [0.15, 0.2) is 4.34 Å². The molecule has 0 fully saturated rings. The molecule has 0 spiro atoms. The third kappa shape index (κ3) is 2.92. The van der Waals surface area contributed by atoms with Crippen molar-refractivity contribution in [2.75, 3.05) is 6.54 Å². The van der Waals surface area contributed by atoms with Crippen LogP contribution in [0.1, 0.15) is 10.1 Å². The zero-order valence-electron chi connectivity index (χ0n) is 7.59. The predicted octanol–water partition coefficient (Wildman–Crippen LogP) is 3.05. The summed E-state index contributed by atoms with van der Waals surface area (Å²) < 4.78 is 1.73. The molecule has 2 heterocycles. The number of halogens is 1. The summed E-state index contributed by atoms with van der Waals surface area (Å²) in [5, 5.41) is 7.99. The summed E-state index contributed by atoms with van der Waals surface area (Å²) in [6.45, 7) is 0.571. The van der Waals surface area contributed by atoms with E-state index in [-0.39, 0.29) is 5.25 Å². The van der Waals surface area contributed by atoms with Crippen molar-refractivity contribution in [1.29, 1.82) is 0 Å². The lowest BCUT2D eigenvalue weighted by Crippen LogP contribution is -2.07. The van der Waals surface area contributed by atoms with Gasteiger partial charge in [-0.3, -0.25) is 0 Å². The zero-order valence-corrected chi connectivity index (χ0v) is 10.8. The molecule has 1 unspecified atom stereocenters. The number of nitrogens with two attached hydrogens (primary N) is 1. The maximum absolute atomic E-state index is 5.89. The van der Waals surface area contributed by atoms with Gasteiger partial charge in [-0.05, 0) is 12.1 Å². The molecule has 2 aromatic heterocycles. The number of hydrogen-bond acceptors (Lipinski definition) is 6. The molecule has 2 N–H and O–H groups in total. The summed E-state index contributed by atoms with van der Waals surface area (Å²) in [7, 11) is 0. The van der Waals surface area contributed by atoms with Crippen molar-refractivity contribution in [2.45, 2.75) is 9.59 Å². The molecular formula is C8H8ClN3S3. The van der Waals surface area contributed by atoms with Gasteiger partial charge in [-0.2, -0.15) is 0 Å². The maximum Gasteiger partial charge on any atom is 0.174 e. The molecule has 0 aliphatic carbocycles. The summed E-state index contributed by atoms with van der Waals surface area (Å²) in [4.78, 5) is 1.18. The van der Waals surface area contributed by atoms with Crippen molar-refractivity contribution in [2.24, 2.45) is 5.73 Å². The van der Waals surface area contributed by atoms with Crippen LogP contribution in [0.3, 0.4) is 0 Å². The van der Waals surface area contributed by atoms with Crippen LogP contribution >= 0.6 is 46.0 Å². The van der Waals surface area contributed by atoms with Crippen LogP contribution in [-0.4, -0.2) is 16.7 Å². The first-order chi connectivity index (χ1) is 7.29. The summed E-state index contributed by atoms with van der Waals surface area (Å²) in [6, 6.07) is 3.91. The van der Waals surface area contributed by atoms with Crippen molar-refractivity contribution >= 4 is 46.0 Å². The molecular weight excluding hydrogens is 270 g/mol. The molecule has 0 aliphatic heterocycles. The van der Waals surface area contributed by atoms with E-state index in [0.717, 1.165) is 8.68 Å². The first-order valence-electron chi connectivity index (χ1n) is 4.17. The Kier molecular flexibility index (Phi) is 3.99. The second-order valence-electron chi connectivity index (χ2n) is 2.69. The largest absolute Gasteiger partial charge is 0.329 e. The maximum atomic E-state index is 5.89. The number of rotatable bonds is 4. The predicted molar refractivity (Wildman–Crippen MR) is 66.9 cm³/mol. The molecule has 0 saturated carbocycles. The van der Waals surface area contributed by atoms with Crippen LogP contribution in [0.2, 0.25) is 4.34 Å². The minimum Gasteiger partial charge on any atom is -0.329 e. The van der Waals surface area contributed by atoms with E-state index in [0.29, 0.717) is 6.54 Å². The Morgan fingerprint density at radius 1 is 1.53 bits per heavy atom. The van der Waals surface area contributed by atoms with Crippen LogP contribution in [0.5, 0.6) is 0 Å². The molecule has 2 aromatic rings. The van der Waals surface area contributed by atoms with Gasteiger partial charge in [0, 0.05) is 11.4 Å². The second-order valence-corrected chi connectivity index (χ2v) is 6.72. The van der Waals surface area contributed by atoms with E-state index in [2.05, 4.69) is 10.2 Å². The van der Waals surface area contributed by atoms with Crippen molar-refractivity contribution in [1.82, 2.24) is 10.2 Å². The van der Waals surface area contributed by atoms with E-state index >= 15 is 0 Å². The van der Waals surface area contributed by atoms with E-state index < -0.39 is 0 Å². The number of nitrogens with zero attached hydrogens (tertiary/aromatic N) is 2. The molecule has 0 aromatic carbocycles. The molecule has 3 nitrogen and oxygen atoms in total. The van der Waals surface area contributed by atoms with Gasteiger partial charge in [0.2, 0.25) is 0 Å². The Hall–Kier alpha value is -0.140. The van der Waals surface area contributed by atoms with Crippen LogP contribution in [0, 0.1) is 0 Å². The normalized spacial score (nSPS) is 12.9. The lowest BCUT2D eigenvalue weighted by Gasteiger charge is -2.09. The molecule has 0 amide bonds. The highest BCUT2D eigenvalue weighted by Gasteiger charge is 2.15. The summed E-state index contributed by atoms with van der Waals surface area (Å²) in [5.74, 6) is 0. The fourth-order valence-corrected chi connectivity index (χ4v) is 4.01. The molecule has 0 saturated heterocycles. The Morgan fingerprint density at radius 2 is 2.40 bits per heavy atom. The van der Waals surface area contributed by atoms with Gasteiger partial charge in [-0.1, -0.05) is 34.7 Å².